The Bertz CT molecular complexity index is 550. The van der Waals surface area contributed by atoms with Gasteiger partial charge in [-0.15, -0.1) is 5.10 Å². The number of carbonyl (C=O) groups is 1. The van der Waals surface area contributed by atoms with Crippen molar-refractivity contribution in [3.8, 4) is 5.75 Å². The smallest absolute Gasteiger partial charge is 0.297 e. The summed E-state index contributed by atoms with van der Waals surface area (Å²) in [5, 5.41) is 15.7. The number of nitrogens with zero attached hydrogens (tertiary/aromatic N) is 3. The van der Waals surface area contributed by atoms with Crippen LogP contribution in [0.25, 0.3) is 0 Å². The molecule has 88 valence electrons. The summed E-state index contributed by atoms with van der Waals surface area (Å²) in [6.07, 6.45) is 0. The molecule has 0 bridgehead atoms. The summed E-state index contributed by atoms with van der Waals surface area (Å²) in [5.74, 6) is 0.458. The summed E-state index contributed by atoms with van der Waals surface area (Å²) >= 11 is 0. The number of hydrogen-bond donors (Lipinski definition) is 2. The van der Waals surface area contributed by atoms with Crippen LogP contribution in [0.3, 0.4) is 0 Å². The summed E-state index contributed by atoms with van der Waals surface area (Å²) in [6.45, 7) is 1.72. The summed E-state index contributed by atoms with van der Waals surface area (Å²) in [5.41, 5.74) is 0.581. The van der Waals surface area contributed by atoms with Crippen molar-refractivity contribution in [3.63, 3.8) is 0 Å². The fourth-order valence-electron chi connectivity index (χ4n) is 1.41. The minimum atomic E-state index is -0.333. The summed E-state index contributed by atoms with van der Waals surface area (Å²) in [4.78, 5) is 17.3. The average Bonchev–Trinajstić information content (AvgIpc) is 2.74. The lowest BCUT2D eigenvalue weighted by atomic mass is 10.3. The second-order valence-corrected chi connectivity index (χ2v) is 3.63. The van der Waals surface area contributed by atoms with E-state index in [0.29, 0.717) is 11.5 Å². The van der Waals surface area contributed by atoms with E-state index in [-0.39, 0.29) is 17.5 Å². The Morgan fingerprint density at radius 1 is 1.47 bits per heavy atom. The van der Waals surface area contributed by atoms with Crippen LogP contribution in [0.4, 0.5) is 5.69 Å². The fourth-order valence-corrected chi connectivity index (χ4v) is 1.41. The predicted molar refractivity (Wildman–Crippen MR) is 62.0 cm³/mol. The molecule has 6 nitrogen and oxygen atoms in total. The molecule has 0 saturated carbocycles. The van der Waals surface area contributed by atoms with Gasteiger partial charge < -0.3 is 10.0 Å². The van der Waals surface area contributed by atoms with Crippen LogP contribution in [-0.4, -0.2) is 33.2 Å². The van der Waals surface area contributed by atoms with Gasteiger partial charge in [-0.1, -0.05) is 6.07 Å². The Kier molecular flexibility index (Phi) is 2.78. The molecule has 2 N–H and O–H groups in total. The van der Waals surface area contributed by atoms with E-state index in [1.54, 1.807) is 32.2 Å². The van der Waals surface area contributed by atoms with E-state index in [4.69, 9.17) is 0 Å². The van der Waals surface area contributed by atoms with Crippen molar-refractivity contribution in [2.45, 2.75) is 6.92 Å². The standard InChI is InChI=1S/C11H12N4O2/c1-7-12-10(14-13-7)11(17)15(2)8-4-3-5-9(16)6-8/h3-6,16H,1-2H3,(H,12,13,14). The van der Waals surface area contributed by atoms with Crippen molar-refractivity contribution in [2.24, 2.45) is 0 Å². The predicted octanol–water partition coefficient (Wildman–Crippen LogP) is 1.10. The lowest BCUT2D eigenvalue weighted by molar-refractivity contribution is 0.0983. The number of aryl methyl sites for hydroxylation is 1. The minimum absolute atomic E-state index is 0.105. The van der Waals surface area contributed by atoms with Gasteiger partial charge in [0, 0.05) is 18.8 Å². The number of phenols is 1. The highest BCUT2D eigenvalue weighted by Gasteiger charge is 2.17. The zero-order valence-electron chi connectivity index (χ0n) is 9.51. The Morgan fingerprint density at radius 2 is 2.24 bits per heavy atom. The van der Waals surface area contributed by atoms with Gasteiger partial charge in [0.25, 0.3) is 5.91 Å². The number of nitrogens with one attached hydrogen (secondary N) is 1. The van der Waals surface area contributed by atoms with E-state index < -0.39 is 0 Å². The molecular formula is C11H12N4O2. The molecule has 0 aliphatic carbocycles. The Morgan fingerprint density at radius 3 is 2.82 bits per heavy atom. The minimum Gasteiger partial charge on any atom is -0.508 e. The molecule has 1 heterocycles. The molecule has 2 aromatic rings. The molecule has 0 unspecified atom stereocenters. The fraction of sp³-hybridized carbons (Fsp3) is 0.182. The molecule has 0 radical (unpaired) electrons. The van der Waals surface area contributed by atoms with Crippen LogP contribution in [0.2, 0.25) is 0 Å². The second kappa shape index (κ2) is 4.25. The van der Waals surface area contributed by atoms with Crippen molar-refractivity contribution < 1.29 is 9.90 Å². The molecule has 0 aliphatic heterocycles. The number of rotatable bonds is 2. The average molecular weight is 232 g/mol. The van der Waals surface area contributed by atoms with Gasteiger partial charge in [0.15, 0.2) is 0 Å². The van der Waals surface area contributed by atoms with E-state index in [2.05, 4.69) is 15.2 Å². The van der Waals surface area contributed by atoms with Crippen LogP contribution in [0.5, 0.6) is 5.75 Å². The molecule has 2 rings (SSSR count). The number of H-pyrrole nitrogens is 1. The molecular weight excluding hydrogens is 220 g/mol. The van der Waals surface area contributed by atoms with E-state index in [9.17, 15) is 9.90 Å². The number of aromatic nitrogens is 3. The van der Waals surface area contributed by atoms with Crippen LogP contribution in [0, 0.1) is 6.92 Å². The molecule has 0 atom stereocenters. The van der Waals surface area contributed by atoms with Gasteiger partial charge in [0.1, 0.15) is 11.6 Å². The van der Waals surface area contributed by atoms with Gasteiger partial charge >= 0.3 is 0 Å². The summed E-state index contributed by atoms with van der Waals surface area (Å²) in [7, 11) is 1.60. The quantitative estimate of drug-likeness (QED) is 0.812. The maximum absolute atomic E-state index is 12.0. The van der Waals surface area contributed by atoms with E-state index in [1.807, 2.05) is 0 Å². The monoisotopic (exact) mass is 232 g/mol. The van der Waals surface area contributed by atoms with Crippen molar-refractivity contribution in [1.82, 2.24) is 15.2 Å². The SMILES string of the molecule is Cc1nc(C(=O)N(C)c2cccc(O)c2)n[nH]1. The summed E-state index contributed by atoms with van der Waals surface area (Å²) < 4.78 is 0. The van der Waals surface area contributed by atoms with Gasteiger partial charge in [-0.3, -0.25) is 9.89 Å². The highest BCUT2D eigenvalue weighted by molar-refractivity contribution is 6.03. The zero-order valence-corrected chi connectivity index (χ0v) is 9.51. The zero-order chi connectivity index (χ0) is 12.4. The maximum atomic E-state index is 12.0. The highest BCUT2D eigenvalue weighted by atomic mass is 16.3. The van der Waals surface area contributed by atoms with Crippen LogP contribution in [-0.2, 0) is 0 Å². The highest BCUT2D eigenvalue weighted by Crippen LogP contribution is 2.19. The van der Waals surface area contributed by atoms with Crippen LogP contribution < -0.4 is 4.90 Å². The Hall–Kier alpha value is -2.37. The number of amides is 1. The van der Waals surface area contributed by atoms with Crippen LogP contribution in [0.1, 0.15) is 16.4 Å². The number of aromatic hydroxyl groups is 1. The van der Waals surface area contributed by atoms with Gasteiger partial charge in [-0.25, -0.2) is 4.98 Å². The molecule has 17 heavy (non-hydrogen) atoms. The van der Waals surface area contributed by atoms with E-state index >= 15 is 0 Å². The number of hydrogen-bond acceptors (Lipinski definition) is 4. The van der Waals surface area contributed by atoms with E-state index in [0.717, 1.165) is 0 Å². The number of phenolic OH excluding ortho intramolecular Hbond substituents is 1. The Balaban J connectivity index is 2.26. The molecule has 1 amide bonds. The van der Waals surface area contributed by atoms with Crippen LogP contribution in [0.15, 0.2) is 24.3 Å². The van der Waals surface area contributed by atoms with Gasteiger partial charge in [-0.2, -0.15) is 0 Å². The van der Waals surface area contributed by atoms with E-state index in [1.165, 1.54) is 11.0 Å². The molecule has 0 saturated heterocycles. The number of aromatic amines is 1. The third-order valence-electron chi connectivity index (χ3n) is 2.31. The molecule has 0 fully saturated rings. The normalized spacial score (nSPS) is 10.2. The number of benzene rings is 1. The van der Waals surface area contributed by atoms with Crippen molar-refractivity contribution in [2.75, 3.05) is 11.9 Å². The molecule has 6 heteroatoms. The summed E-state index contributed by atoms with van der Waals surface area (Å²) in [6, 6.07) is 6.42. The molecule has 1 aromatic heterocycles. The lowest BCUT2D eigenvalue weighted by Gasteiger charge is -2.15. The lowest BCUT2D eigenvalue weighted by Crippen LogP contribution is -2.27. The Labute approximate surface area is 97.9 Å². The van der Waals surface area contributed by atoms with Crippen molar-refractivity contribution in [3.05, 3.63) is 35.9 Å². The first kappa shape index (κ1) is 11.1. The number of anilines is 1. The first-order valence-corrected chi connectivity index (χ1v) is 5.04. The maximum Gasteiger partial charge on any atom is 0.297 e. The second-order valence-electron chi connectivity index (χ2n) is 3.63. The third-order valence-corrected chi connectivity index (χ3v) is 2.31. The van der Waals surface area contributed by atoms with Crippen molar-refractivity contribution >= 4 is 11.6 Å². The molecule has 0 aliphatic rings. The van der Waals surface area contributed by atoms with Gasteiger partial charge in [0.05, 0.1) is 0 Å². The molecule has 1 aromatic carbocycles. The topological polar surface area (TPSA) is 82.1 Å². The van der Waals surface area contributed by atoms with Crippen molar-refractivity contribution in [1.29, 1.82) is 0 Å². The first-order chi connectivity index (χ1) is 8.08. The van der Waals surface area contributed by atoms with Gasteiger partial charge in [-0.05, 0) is 19.1 Å². The third kappa shape index (κ3) is 2.25. The first-order valence-electron chi connectivity index (χ1n) is 5.04. The molecule has 0 spiro atoms. The largest absolute Gasteiger partial charge is 0.508 e. The van der Waals surface area contributed by atoms with Gasteiger partial charge in [0.2, 0.25) is 5.82 Å². The number of carbonyl (C=O) groups excluding carboxylic acids is 1. The van der Waals surface area contributed by atoms with Crippen LogP contribution >= 0.6 is 0 Å².